The summed E-state index contributed by atoms with van der Waals surface area (Å²) in [6.45, 7) is 3.20. The number of rotatable bonds is 4. The van der Waals surface area contributed by atoms with Gasteiger partial charge in [-0.3, -0.25) is 4.79 Å². The zero-order chi connectivity index (χ0) is 15.4. The number of nitrogens with one attached hydrogen (secondary N) is 1. The molecule has 1 unspecified atom stereocenters. The number of nitrogens with two attached hydrogens (primary N) is 1. The molecule has 0 saturated heterocycles. The number of ether oxygens (including phenoxy) is 1. The molecule has 0 bridgehead atoms. The number of halogens is 1. The van der Waals surface area contributed by atoms with Crippen LogP contribution in [0.15, 0.2) is 42.5 Å². The second-order valence-electron chi connectivity index (χ2n) is 4.76. The topological polar surface area (TPSA) is 64.3 Å². The molecule has 0 aliphatic carbocycles. The Kier molecular flexibility index (Phi) is 4.42. The minimum Gasteiger partial charge on any atom is -0.478 e. The smallest absolute Gasteiger partial charge is 0.265 e. The van der Waals surface area contributed by atoms with E-state index in [0.717, 1.165) is 0 Å². The van der Waals surface area contributed by atoms with Crippen molar-refractivity contribution >= 4 is 17.3 Å². The van der Waals surface area contributed by atoms with Gasteiger partial charge in [0.25, 0.3) is 5.91 Å². The second-order valence-corrected chi connectivity index (χ2v) is 4.76. The predicted molar refractivity (Wildman–Crippen MR) is 80.7 cm³/mol. The molecule has 0 aliphatic rings. The summed E-state index contributed by atoms with van der Waals surface area (Å²) in [7, 11) is 0. The molecule has 0 fully saturated rings. The zero-order valence-corrected chi connectivity index (χ0v) is 11.9. The van der Waals surface area contributed by atoms with Crippen LogP contribution in [0, 0.1) is 12.7 Å². The van der Waals surface area contributed by atoms with Gasteiger partial charge in [-0.05, 0) is 43.7 Å². The highest BCUT2D eigenvalue weighted by molar-refractivity contribution is 5.94. The third-order valence-corrected chi connectivity index (χ3v) is 2.98. The minimum absolute atomic E-state index is 0.0604. The summed E-state index contributed by atoms with van der Waals surface area (Å²) in [6, 6.07) is 11.6. The number of carbonyl (C=O) groups excluding carboxylic acids is 1. The van der Waals surface area contributed by atoms with Crippen molar-refractivity contribution in [2.45, 2.75) is 20.0 Å². The van der Waals surface area contributed by atoms with Crippen LogP contribution < -0.4 is 15.8 Å². The van der Waals surface area contributed by atoms with Crippen molar-refractivity contribution in [1.82, 2.24) is 0 Å². The van der Waals surface area contributed by atoms with Gasteiger partial charge in [0, 0.05) is 11.4 Å². The molecule has 0 heterocycles. The number of aryl methyl sites for hydroxylation is 1. The lowest BCUT2D eigenvalue weighted by Crippen LogP contribution is -2.30. The lowest BCUT2D eigenvalue weighted by Gasteiger charge is -2.16. The van der Waals surface area contributed by atoms with E-state index < -0.39 is 11.9 Å². The molecule has 110 valence electrons. The first-order valence-electron chi connectivity index (χ1n) is 6.55. The van der Waals surface area contributed by atoms with Crippen molar-refractivity contribution in [1.29, 1.82) is 0 Å². The molecule has 2 aromatic carbocycles. The maximum atomic E-state index is 13.8. The van der Waals surface area contributed by atoms with Crippen molar-refractivity contribution in [3.8, 4) is 5.75 Å². The van der Waals surface area contributed by atoms with Crippen molar-refractivity contribution < 1.29 is 13.9 Å². The van der Waals surface area contributed by atoms with Crippen LogP contribution in [0.5, 0.6) is 5.75 Å². The second kappa shape index (κ2) is 6.26. The Morgan fingerprint density at radius 2 is 2.00 bits per heavy atom. The fourth-order valence-corrected chi connectivity index (χ4v) is 1.82. The molecule has 0 radical (unpaired) electrons. The minimum atomic E-state index is -0.831. The average molecular weight is 288 g/mol. The Labute approximate surface area is 122 Å². The fraction of sp³-hybridized carbons (Fsp3) is 0.188. The fourth-order valence-electron chi connectivity index (χ4n) is 1.82. The van der Waals surface area contributed by atoms with Crippen LogP contribution in [-0.2, 0) is 4.79 Å². The van der Waals surface area contributed by atoms with E-state index in [0.29, 0.717) is 16.9 Å². The summed E-state index contributed by atoms with van der Waals surface area (Å²) in [4.78, 5) is 12.0. The first kappa shape index (κ1) is 14.8. The van der Waals surface area contributed by atoms with Crippen LogP contribution in [0.1, 0.15) is 12.5 Å². The van der Waals surface area contributed by atoms with Crippen LogP contribution in [0.25, 0.3) is 0 Å². The Hall–Kier alpha value is -2.56. The highest BCUT2D eigenvalue weighted by Gasteiger charge is 2.17. The van der Waals surface area contributed by atoms with Gasteiger partial charge in [-0.2, -0.15) is 0 Å². The molecule has 2 rings (SSSR count). The molecule has 21 heavy (non-hydrogen) atoms. The summed E-state index contributed by atoms with van der Waals surface area (Å²) in [5, 5.41) is 2.67. The summed E-state index contributed by atoms with van der Waals surface area (Å²) in [5.41, 5.74) is 7.22. The molecule has 4 nitrogen and oxygen atoms in total. The molecule has 1 amide bonds. The molecule has 1 atom stereocenters. The maximum Gasteiger partial charge on any atom is 0.265 e. The Morgan fingerprint density at radius 1 is 1.29 bits per heavy atom. The van der Waals surface area contributed by atoms with Gasteiger partial charge in [0.2, 0.25) is 0 Å². The molecule has 0 saturated carbocycles. The van der Waals surface area contributed by atoms with Crippen molar-refractivity contribution in [3.63, 3.8) is 0 Å². The van der Waals surface area contributed by atoms with Crippen molar-refractivity contribution in [2.24, 2.45) is 0 Å². The van der Waals surface area contributed by atoms with Crippen LogP contribution >= 0.6 is 0 Å². The molecule has 2 aromatic rings. The summed E-state index contributed by atoms with van der Waals surface area (Å²) in [6.07, 6.45) is -0.831. The summed E-state index contributed by atoms with van der Waals surface area (Å²) in [5.74, 6) is -0.771. The van der Waals surface area contributed by atoms with Crippen LogP contribution in [0.4, 0.5) is 15.8 Å². The third kappa shape index (κ3) is 3.72. The van der Waals surface area contributed by atoms with E-state index in [4.69, 9.17) is 10.5 Å². The molecule has 0 aromatic heterocycles. The van der Waals surface area contributed by atoms with Gasteiger partial charge in [0.05, 0.1) is 0 Å². The van der Waals surface area contributed by atoms with Gasteiger partial charge < -0.3 is 15.8 Å². The van der Waals surface area contributed by atoms with Gasteiger partial charge in [0.1, 0.15) is 0 Å². The summed E-state index contributed by atoms with van der Waals surface area (Å²) < 4.78 is 19.2. The molecular formula is C16H17FN2O2. The monoisotopic (exact) mass is 288 g/mol. The number of hydrogen-bond donors (Lipinski definition) is 2. The Morgan fingerprint density at radius 3 is 2.71 bits per heavy atom. The highest BCUT2D eigenvalue weighted by Crippen LogP contribution is 2.21. The van der Waals surface area contributed by atoms with Crippen LogP contribution in [0.2, 0.25) is 0 Å². The first-order chi connectivity index (χ1) is 9.97. The van der Waals surface area contributed by atoms with E-state index in [1.54, 1.807) is 50.2 Å². The Balaban J connectivity index is 2.04. The lowest BCUT2D eigenvalue weighted by molar-refractivity contribution is -0.122. The van der Waals surface area contributed by atoms with Gasteiger partial charge in [-0.15, -0.1) is 0 Å². The maximum absolute atomic E-state index is 13.8. The normalized spacial score (nSPS) is 11.8. The van der Waals surface area contributed by atoms with Crippen LogP contribution in [0.3, 0.4) is 0 Å². The number of carbonyl (C=O) groups is 1. The van der Waals surface area contributed by atoms with Gasteiger partial charge in [0.15, 0.2) is 17.7 Å². The predicted octanol–water partition coefficient (Wildman–Crippen LogP) is 3.12. The summed E-state index contributed by atoms with van der Waals surface area (Å²) >= 11 is 0. The van der Waals surface area contributed by atoms with E-state index in [-0.39, 0.29) is 11.7 Å². The van der Waals surface area contributed by atoms with Gasteiger partial charge in [-0.25, -0.2) is 4.39 Å². The highest BCUT2D eigenvalue weighted by atomic mass is 19.1. The van der Waals surface area contributed by atoms with Gasteiger partial charge >= 0.3 is 0 Å². The lowest BCUT2D eigenvalue weighted by atomic mass is 10.2. The number of benzene rings is 2. The standard InChI is InChI=1S/C16H17FN2O2/c1-10-5-3-8-14(15(10)17)21-11(2)16(20)19-13-7-4-6-12(18)9-13/h3-9,11H,18H2,1-2H3,(H,19,20). The van der Waals surface area contributed by atoms with Crippen molar-refractivity contribution in [3.05, 3.63) is 53.8 Å². The van der Waals surface area contributed by atoms with Crippen LogP contribution in [-0.4, -0.2) is 12.0 Å². The number of hydrogen-bond acceptors (Lipinski definition) is 3. The van der Waals surface area contributed by atoms with E-state index in [1.807, 2.05) is 0 Å². The molecule has 5 heteroatoms. The zero-order valence-electron chi connectivity index (χ0n) is 11.9. The Bertz CT molecular complexity index is 658. The van der Waals surface area contributed by atoms with Gasteiger partial charge in [-0.1, -0.05) is 18.2 Å². The van der Waals surface area contributed by atoms with Crippen molar-refractivity contribution in [2.75, 3.05) is 11.1 Å². The average Bonchev–Trinajstić information content (AvgIpc) is 2.44. The van der Waals surface area contributed by atoms with E-state index in [1.165, 1.54) is 6.07 Å². The van der Waals surface area contributed by atoms with E-state index in [9.17, 15) is 9.18 Å². The van der Waals surface area contributed by atoms with E-state index in [2.05, 4.69) is 5.32 Å². The molecule has 0 aliphatic heterocycles. The first-order valence-corrected chi connectivity index (χ1v) is 6.55. The molecule has 0 spiro atoms. The molecular weight excluding hydrogens is 271 g/mol. The number of nitrogen functional groups attached to an aromatic ring is 1. The van der Waals surface area contributed by atoms with E-state index >= 15 is 0 Å². The number of anilines is 2. The third-order valence-electron chi connectivity index (χ3n) is 2.98. The molecule has 3 N–H and O–H groups in total. The largest absolute Gasteiger partial charge is 0.478 e. The quantitative estimate of drug-likeness (QED) is 0.850. The number of amides is 1. The SMILES string of the molecule is Cc1cccc(OC(C)C(=O)Nc2cccc(N)c2)c1F.